The third kappa shape index (κ3) is 4.12. The first-order valence-corrected chi connectivity index (χ1v) is 6.63. The highest BCUT2D eigenvalue weighted by Crippen LogP contribution is 2.28. The van der Waals surface area contributed by atoms with E-state index in [-0.39, 0.29) is 12.1 Å². The zero-order chi connectivity index (χ0) is 12.0. The molecule has 0 heterocycles. The minimum Gasteiger partial charge on any atom is -0.461 e. The van der Waals surface area contributed by atoms with E-state index in [2.05, 4.69) is 6.92 Å². The topological polar surface area (TPSA) is 52.3 Å². The molecule has 1 rings (SSSR count). The quantitative estimate of drug-likeness (QED) is 0.735. The fourth-order valence-corrected chi connectivity index (χ4v) is 2.40. The summed E-state index contributed by atoms with van der Waals surface area (Å²) in [6.07, 6.45) is 7.47. The van der Waals surface area contributed by atoms with Crippen LogP contribution in [0.25, 0.3) is 0 Å². The molecule has 0 bridgehead atoms. The predicted octanol–water partition coefficient (Wildman–Crippen LogP) is 2.63. The molecule has 1 aliphatic rings. The summed E-state index contributed by atoms with van der Waals surface area (Å²) in [5.41, 5.74) is 5.74. The molecule has 0 saturated heterocycles. The molecule has 2 N–H and O–H groups in total. The maximum absolute atomic E-state index is 11.6. The first kappa shape index (κ1) is 13.5. The Morgan fingerprint density at radius 1 is 1.44 bits per heavy atom. The van der Waals surface area contributed by atoms with Gasteiger partial charge in [0.25, 0.3) is 0 Å². The first-order valence-electron chi connectivity index (χ1n) is 6.63. The average Bonchev–Trinajstić information content (AvgIpc) is 2.29. The maximum atomic E-state index is 11.6. The summed E-state index contributed by atoms with van der Waals surface area (Å²) >= 11 is 0. The van der Waals surface area contributed by atoms with Gasteiger partial charge in [-0.15, -0.1) is 0 Å². The Bertz CT molecular complexity index is 218. The van der Waals surface area contributed by atoms with Crippen molar-refractivity contribution in [2.24, 2.45) is 11.7 Å². The van der Waals surface area contributed by atoms with Gasteiger partial charge < -0.3 is 10.5 Å². The van der Waals surface area contributed by atoms with Crippen molar-refractivity contribution in [1.82, 2.24) is 0 Å². The molecule has 0 spiro atoms. The summed E-state index contributed by atoms with van der Waals surface area (Å²) in [5.74, 6) is 0.526. The minimum absolute atomic E-state index is 0.120. The number of nitrogens with two attached hydrogens (primary N) is 1. The SMILES string of the molecule is CCC[C@@H](N)C(=O)OC1CCCC(CC)C1. The van der Waals surface area contributed by atoms with Crippen molar-refractivity contribution in [3.05, 3.63) is 0 Å². The Labute approximate surface area is 98.7 Å². The van der Waals surface area contributed by atoms with E-state index in [4.69, 9.17) is 10.5 Å². The standard InChI is InChI=1S/C13H25NO2/c1-3-6-12(14)13(15)16-11-8-5-7-10(4-2)9-11/h10-12H,3-9,14H2,1-2H3/t10?,11?,12-/m1/s1. The van der Waals surface area contributed by atoms with Gasteiger partial charge in [-0.3, -0.25) is 4.79 Å². The maximum Gasteiger partial charge on any atom is 0.323 e. The summed E-state index contributed by atoms with van der Waals surface area (Å²) in [6, 6.07) is -0.424. The van der Waals surface area contributed by atoms with Crippen molar-refractivity contribution in [1.29, 1.82) is 0 Å². The third-order valence-electron chi connectivity index (χ3n) is 3.50. The van der Waals surface area contributed by atoms with Gasteiger partial charge in [0.15, 0.2) is 0 Å². The van der Waals surface area contributed by atoms with Crippen LogP contribution in [0.3, 0.4) is 0 Å². The van der Waals surface area contributed by atoms with Crippen LogP contribution in [-0.4, -0.2) is 18.1 Å². The predicted molar refractivity (Wildman–Crippen MR) is 65.0 cm³/mol. The van der Waals surface area contributed by atoms with Crippen LogP contribution in [-0.2, 0) is 9.53 Å². The van der Waals surface area contributed by atoms with E-state index in [0.717, 1.165) is 31.6 Å². The molecule has 0 amide bonds. The van der Waals surface area contributed by atoms with Crippen LogP contribution in [0.2, 0.25) is 0 Å². The molecule has 0 aliphatic heterocycles. The van der Waals surface area contributed by atoms with Crippen molar-refractivity contribution in [3.8, 4) is 0 Å². The lowest BCUT2D eigenvalue weighted by molar-refractivity contribution is -0.153. The average molecular weight is 227 g/mol. The lowest BCUT2D eigenvalue weighted by atomic mass is 9.85. The first-order chi connectivity index (χ1) is 7.67. The molecule has 0 aromatic heterocycles. The van der Waals surface area contributed by atoms with E-state index in [9.17, 15) is 4.79 Å². The van der Waals surface area contributed by atoms with Crippen LogP contribution < -0.4 is 5.73 Å². The number of rotatable bonds is 5. The second-order valence-corrected chi connectivity index (χ2v) is 4.89. The van der Waals surface area contributed by atoms with Crippen LogP contribution in [0.1, 0.15) is 58.8 Å². The highest BCUT2D eigenvalue weighted by Gasteiger charge is 2.25. The number of carbonyl (C=O) groups is 1. The lowest BCUT2D eigenvalue weighted by Crippen LogP contribution is -2.36. The molecule has 16 heavy (non-hydrogen) atoms. The third-order valence-corrected chi connectivity index (χ3v) is 3.50. The summed E-state index contributed by atoms with van der Waals surface area (Å²) in [4.78, 5) is 11.6. The van der Waals surface area contributed by atoms with Crippen molar-refractivity contribution >= 4 is 5.97 Å². The molecule has 1 fully saturated rings. The monoisotopic (exact) mass is 227 g/mol. The summed E-state index contributed by atoms with van der Waals surface area (Å²) in [5, 5.41) is 0. The Hall–Kier alpha value is -0.570. The molecule has 1 aliphatic carbocycles. The van der Waals surface area contributed by atoms with Gasteiger partial charge in [-0.1, -0.05) is 33.1 Å². The highest BCUT2D eigenvalue weighted by atomic mass is 16.5. The summed E-state index contributed by atoms with van der Waals surface area (Å²) in [7, 11) is 0. The number of carbonyl (C=O) groups excluding carboxylic acids is 1. The summed E-state index contributed by atoms with van der Waals surface area (Å²) < 4.78 is 5.47. The number of hydrogen-bond donors (Lipinski definition) is 1. The van der Waals surface area contributed by atoms with Crippen LogP contribution in [0.4, 0.5) is 0 Å². The van der Waals surface area contributed by atoms with Crippen LogP contribution in [0.15, 0.2) is 0 Å². The lowest BCUT2D eigenvalue weighted by Gasteiger charge is -2.28. The van der Waals surface area contributed by atoms with E-state index >= 15 is 0 Å². The zero-order valence-electron chi connectivity index (χ0n) is 10.6. The van der Waals surface area contributed by atoms with Crippen molar-refractivity contribution in [3.63, 3.8) is 0 Å². The fraction of sp³-hybridized carbons (Fsp3) is 0.923. The molecule has 0 radical (unpaired) electrons. The molecule has 0 aromatic carbocycles. The molecule has 3 atom stereocenters. The Morgan fingerprint density at radius 2 is 2.19 bits per heavy atom. The molecular formula is C13H25NO2. The molecule has 3 heteroatoms. The zero-order valence-corrected chi connectivity index (χ0v) is 10.6. The summed E-state index contributed by atoms with van der Waals surface area (Å²) in [6.45, 7) is 4.23. The van der Waals surface area contributed by atoms with Gasteiger partial charge in [-0.25, -0.2) is 0 Å². The smallest absolute Gasteiger partial charge is 0.323 e. The van der Waals surface area contributed by atoms with Crippen molar-refractivity contribution in [2.75, 3.05) is 0 Å². The van der Waals surface area contributed by atoms with Gasteiger partial charge in [0.2, 0.25) is 0 Å². The van der Waals surface area contributed by atoms with Gasteiger partial charge in [0, 0.05) is 0 Å². The Kier molecular flexibility index (Phi) is 5.81. The van der Waals surface area contributed by atoms with E-state index in [1.165, 1.54) is 19.3 Å². The minimum atomic E-state index is -0.424. The normalized spacial score (nSPS) is 27.4. The van der Waals surface area contributed by atoms with E-state index in [0.29, 0.717) is 0 Å². The molecule has 94 valence electrons. The van der Waals surface area contributed by atoms with E-state index in [1.807, 2.05) is 6.92 Å². The van der Waals surface area contributed by atoms with Crippen molar-refractivity contribution in [2.45, 2.75) is 70.9 Å². The van der Waals surface area contributed by atoms with Crippen molar-refractivity contribution < 1.29 is 9.53 Å². The highest BCUT2D eigenvalue weighted by molar-refractivity contribution is 5.75. The Morgan fingerprint density at radius 3 is 2.81 bits per heavy atom. The van der Waals surface area contributed by atoms with Gasteiger partial charge in [0.1, 0.15) is 12.1 Å². The van der Waals surface area contributed by atoms with Crippen LogP contribution in [0.5, 0.6) is 0 Å². The van der Waals surface area contributed by atoms with Crippen LogP contribution in [0, 0.1) is 5.92 Å². The second kappa shape index (κ2) is 6.89. The van der Waals surface area contributed by atoms with Gasteiger partial charge in [-0.2, -0.15) is 0 Å². The molecule has 3 nitrogen and oxygen atoms in total. The molecule has 2 unspecified atom stereocenters. The van der Waals surface area contributed by atoms with Gasteiger partial charge in [-0.05, 0) is 31.6 Å². The Balaban J connectivity index is 2.32. The molecule has 0 aromatic rings. The van der Waals surface area contributed by atoms with Gasteiger partial charge in [0.05, 0.1) is 0 Å². The number of esters is 1. The fourth-order valence-electron chi connectivity index (χ4n) is 2.40. The number of hydrogen-bond acceptors (Lipinski definition) is 3. The number of ether oxygens (including phenoxy) is 1. The second-order valence-electron chi connectivity index (χ2n) is 4.89. The van der Waals surface area contributed by atoms with Gasteiger partial charge >= 0.3 is 5.97 Å². The largest absolute Gasteiger partial charge is 0.461 e. The van der Waals surface area contributed by atoms with E-state index in [1.54, 1.807) is 0 Å². The molecular weight excluding hydrogens is 202 g/mol. The van der Waals surface area contributed by atoms with E-state index < -0.39 is 6.04 Å². The van der Waals surface area contributed by atoms with Crippen LogP contribution >= 0.6 is 0 Å². The molecule has 1 saturated carbocycles.